The van der Waals surface area contributed by atoms with Crippen LogP contribution in [-0.4, -0.2) is 35.9 Å². The zero-order chi connectivity index (χ0) is 19.1. The summed E-state index contributed by atoms with van der Waals surface area (Å²) in [5.74, 6) is -0.384. The lowest BCUT2D eigenvalue weighted by atomic mass is 10.1. The van der Waals surface area contributed by atoms with E-state index in [4.69, 9.17) is 18.9 Å². The van der Waals surface area contributed by atoms with Crippen molar-refractivity contribution in [2.24, 2.45) is 0 Å². The van der Waals surface area contributed by atoms with E-state index in [1.165, 1.54) is 6.92 Å². The largest absolute Gasteiger partial charge is 0.456 e. The molecule has 4 atom stereocenters. The average Bonchev–Trinajstić information content (AvgIpc) is 2.69. The van der Waals surface area contributed by atoms with E-state index >= 15 is 0 Å². The van der Waals surface area contributed by atoms with Crippen LogP contribution in [0.4, 0.5) is 0 Å². The highest BCUT2D eigenvalue weighted by Gasteiger charge is 2.43. The molecule has 2 aromatic rings. The van der Waals surface area contributed by atoms with E-state index in [0.717, 1.165) is 11.1 Å². The Bertz CT molecular complexity index is 709. The molecule has 0 bridgehead atoms. The fraction of sp³-hybridized carbons (Fsp3) is 0.381. The Hall–Kier alpha value is -1.73. The van der Waals surface area contributed by atoms with Crippen LogP contribution < -0.4 is 0 Å². The molecule has 2 aromatic carbocycles. The molecule has 5 nitrogen and oxygen atoms in total. The van der Waals surface area contributed by atoms with Crippen molar-refractivity contribution in [3.63, 3.8) is 0 Å². The normalized spacial score (nSPS) is 25.1. The predicted molar refractivity (Wildman–Crippen MR) is 104 cm³/mol. The van der Waals surface area contributed by atoms with Crippen molar-refractivity contribution >= 4 is 21.9 Å². The summed E-state index contributed by atoms with van der Waals surface area (Å²) in [5, 5.41) is -0.446. The van der Waals surface area contributed by atoms with Crippen LogP contribution in [0.3, 0.4) is 0 Å². The molecule has 1 fully saturated rings. The summed E-state index contributed by atoms with van der Waals surface area (Å²) >= 11 is 3.44. The van der Waals surface area contributed by atoms with Gasteiger partial charge in [-0.2, -0.15) is 0 Å². The zero-order valence-electron chi connectivity index (χ0n) is 15.1. The molecule has 0 spiro atoms. The van der Waals surface area contributed by atoms with Crippen LogP contribution in [0.5, 0.6) is 0 Å². The van der Waals surface area contributed by atoms with Gasteiger partial charge in [0, 0.05) is 6.92 Å². The average molecular weight is 435 g/mol. The molecular weight excluding hydrogens is 412 g/mol. The predicted octanol–water partition coefficient (Wildman–Crippen LogP) is 3.84. The number of carbonyl (C=O) groups excluding carboxylic acids is 1. The molecule has 0 radical (unpaired) electrons. The van der Waals surface area contributed by atoms with Gasteiger partial charge in [-0.1, -0.05) is 76.6 Å². The standard InChI is InChI=1S/C21H23BrO5/c1-15(23)27-20-19(25-13-17-10-6-3-7-11-17)18(14-26-21(20)22)24-12-16-8-4-2-5-9-16/h2-11,18-21H,12-14H2,1H3/t18-,19-,20+,21-/m0/s1. The van der Waals surface area contributed by atoms with Gasteiger partial charge < -0.3 is 18.9 Å². The molecule has 1 heterocycles. The van der Waals surface area contributed by atoms with Crippen LogP contribution in [0, 0.1) is 0 Å². The number of alkyl halides is 1. The summed E-state index contributed by atoms with van der Waals surface area (Å²) in [6.45, 7) is 2.55. The van der Waals surface area contributed by atoms with E-state index in [9.17, 15) is 4.79 Å². The molecule has 1 saturated heterocycles. The number of esters is 1. The third-order valence-corrected chi connectivity index (χ3v) is 5.05. The van der Waals surface area contributed by atoms with Gasteiger partial charge in [-0.15, -0.1) is 0 Å². The first-order valence-corrected chi connectivity index (χ1v) is 9.79. The fourth-order valence-corrected chi connectivity index (χ4v) is 3.50. The smallest absolute Gasteiger partial charge is 0.303 e. The zero-order valence-corrected chi connectivity index (χ0v) is 16.7. The Morgan fingerprint density at radius 1 is 0.963 bits per heavy atom. The Kier molecular flexibility index (Phi) is 7.41. The van der Waals surface area contributed by atoms with Crippen molar-refractivity contribution in [1.29, 1.82) is 0 Å². The third kappa shape index (κ3) is 5.87. The molecule has 0 aliphatic carbocycles. The lowest BCUT2D eigenvalue weighted by Crippen LogP contribution is -2.54. The molecule has 0 saturated carbocycles. The second kappa shape index (κ2) is 9.99. The highest BCUT2D eigenvalue weighted by molar-refractivity contribution is 9.09. The molecule has 27 heavy (non-hydrogen) atoms. The number of hydrogen-bond donors (Lipinski definition) is 0. The Morgan fingerprint density at radius 2 is 1.52 bits per heavy atom. The van der Waals surface area contributed by atoms with Gasteiger partial charge in [-0.25, -0.2) is 0 Å². The summed E-state index contributed by atoms with van der Waals surface area (Å²) < 4.78 is 23.4. The van der Waals surface area contributed by atoms with E-state index in [1.54, 1.807) is 0 Å². The molecule has 144 valence electrons. The van der Waals surface area contributed by atoms with Crippen LogP contribution in [0.2, 0.25) is 0 Å². The van der Waals surface area contributed by atoms with Gasteiger partial charge in [0.1, 0.15) is 12.2 Å². The minimum absolute atomic E-state index is 0.347. The number of benzene rings is 2. The minimum Gasteiger partial charge on any atom is -0.456 e. The summed E-state index contributed by atoms with van der Waals surface area (Å²) in [6, 6.07) is 19.8. The van der Waals surface area contributed by atoms with E-state index < -0.39 is 17.2 Å². The first-order valence-electron chi connectivity index (χ1n) is 8.87. The number of rotatable bonds is 7. The highest BCUT2D eigenvalue weighted by Crippen LogP contribution is 2.28. The first-order chi connectivity index (χ1) is 13.1. The molecule has 0 unspecified atom stereocenters. The van der Waals surface area contributed by atoms with Gasteiger partial charge >= 0.3 is 5.97 Å². The Morgan fingerprint density at radius 3 is 2.07 bits per heavy atom. The van der Waals surface area contributed by atoms with Crippen molar-refractivity contribution in [2.45, 2.75) is 43.5 Å². The quantitative estimate of drug-likeness (QED) is 0.489. The van der Waals surface area contributed by atoms with E-state index in [0.29, 0.717) is 19.8 Å². The maximum Gasteiger partial charge on any atom is 0.303 e. The first kappa shape index (κ1) is 20.0. The Labute approximate surface area is 167 Å². The maximum atomic E-state index is 11.6. The van der Waals surface area contributed by atoms with Crippen molar-refractivity contribution in [2.75, 3.05) is 6.61 Å². The monoisotopic (exact) mass is 434 g/mol. The van der Waals surface area contributed by atoms with E-state index in [1.807, 2.05) is 60.7 Å². The van der Waals surface area contributed by atoms with Gasteiger partial charge in [0.25, 0.3) is 0 Å². The van der Waals surface area contributed by atoms with Gasteiger partial charge in [0.15, 0.2) is 11.1 Å². The lowest BCUT2D eigenvalue weighted by Gasteiger charge is -2.39. The SMILES string of the molecule is CC(=O)O[C@@H]1[C@@H](OCc2ccccc2)[C@@H](OCc2ccccc2)CO[C@@H]1Br. The van der Waals surface area contributed by atoms with Gasteiger partial charge in [-0.3, -0.25) is 4.79 Å². The van der Waals surface area contributed by atoms with Crippen LogP contribution >= 0.6 is 15.9 Å². The summed E-state index contributed by atoms with van der Waals surface area (Å²) in [7, 11) is 0. The molecule has 6 heteroatoms. The number of halogens is 1. The van der Waals surface area contributed by atoms with Crippen LogP contribution in [0.1, 0.15) is 18.1 Å². The van der Waals surface area contributed by atoms with E-state index in [2.05, 4.69) is 15.9 Å². The molecule has 1 aliphatic heterocycles. The molecule has 0 N–H and O–H groups in total. The van der Waals surface area contributed by atoms with Gasteiger partial charge in [-0.05, 0) is 11.1 Å². The maximum absolute atomic E-state index is 11.6. The van der Waals surface area contributed by atoms with Gasteiger partial charge in [0.2, 0.25) is 0 Å². The number of ether oxygens (including phenoxy) is 4. The topological polar surface area (TPSA) is 54.0 Å². The van der Waals surface area contributed by atoms with Crippen molar-refractivity contribution < 1.29 is 23.7 Å². The summed E-state index contributed by atoms with van der Waals surface area (Å²) in [6.07, 6.45) is -1.40. The molecular formula is C21H23BrO5. The molecule has 1 aliphatic rings. The Balaban J connectivity index is 1.70. The van der Waals surface area contributed by atoms with Crippen LogP contribution in [0.15, 0.2) is 60.7 Å². The second-order valence-corrected chi connectivity index (χ2v) is 7.26. The highest BCUT2D eigenvalue weighted by atomic mass is 79.9. The lowest BCUT2D eigenvalue weighted by molar-refractivity contribution is -0.215. The van der Waals surface area contributed by atoms with E-state index in [-0.39, 0.29) is 12.1 Å². The van der Waals surface area contributed by atoms with Crippen LogP contribution in [0.25, 0.3) is 0 Å². The second-order valence-electron chi connectivity index (χ2n) is 6.35. The van der Waals surface area contributed by atoms with Crippen molar-refractivity contribution in [3.05, 3.63) is 71.8 Å². The summed E-state index contributed by atoms with van der Waals surface area (Å²) in [5.41, 5.74) is 2.10. The minimum atomic E-state index is -0.597. The number of carbonyl (C=O) groups is 1. The molecule has 3 rings (SSSR count). The molecule has 0 amide bonds. The third-order valence-electron chi connectivity index (χ3n) is 4.26. The number of hydrogen-bond acceptors (Lipinski definition) is 5. The summed E-state index contributed by atoms with van der Waals surface area (Å²) in [4.78, 5) is 11.6. The van der Waals surface area contributed by atoms with Gasteiger partial charge in [0.05, 0.1) is 19.8 Å². The van der Waals surface area contributed by atoms with Crippen molar-refractivity contribution in [3.8, 4) is 0 Å². The molecule has 0 aromatic heterocycles. The fourth-order valence-electron chi connectivity index (χ4n) is 2.94. The van der Waals surface area contributed by atoms with Crippen molar-refractivity contribution in [1.82, 2.24) is 0 Å². The van der Waals surface area contributed by atoms with Crippen LogP contribution in [-0.2, 0) is 37.0 Å².